The monoisotopic (exact) mass is 244 g/mol. The van der Waals surface area contributed by atoms with Crippen molar-refractivity contribution in [3.63, 3.8) is 0 Å². The molecule has 0 saturated carbocycles. The number of amides is 3. The summed E-state index contributed by atoms with van der Waals surface area (Å²) in [6.45, 7) is 2.07. The van der Waals surface area contributed by atoms with Crippen molar-refractivity contribution in [3.8, 4) is 0 Å². The fourth-order valence-corrected chi connectivity index (χ4v) is 3.03. The summed E-state index contributed by atoms with van der Waals surface area (Å²) in [5, 5.41) is 2.42. The van der Waals surface area contributed by atoms with Gasteiger partial charge in [-0.25, -0.2) is 4.79 Å². The highest BCUT2D eigenvalue weighted by Crippen LogP contribution is 2.35. The molecule has 3 amide bonds. The van der Waals surface area contributed by atoms with E-state index >= 15 is 0 Å². The van der Waals surface area contributed by atoms with Gasteiger partial charge in [0.25, 0.3) is 5.91 Å². The summed E-state index contributed by atoms with van der Waals surface area (Å²) in [5.74, 6) is -0.152. The highest BCUT2D eigenvalue weighted by atomic mass is 16.2. The van der Waals surface area contributed by atoms with E-state index in [4.69, 9.17) is 0 Å². The van der Waals surface area contributed by atoms with Crippen LogP contribution in [0.25, 0.3) is 0 Å². The number of fused-ring (bicyclic) bond motifs is 1. The second-order valence-corrected chi connectivity index (χ2v) is 5.30. The first-order chi connectivity index (χ1) is 8.53. The third-order valence-corrected chi connectivity index (χ3v) is 4.24. The summed E-state index contributed by atoms with van der Waals surface area (Å²) in [7, 11) is 1.71. The zero-order valence-corrected chi connectivity index (χ0v) is 10.6. The third kappa shape index (κ3) is 1.38. The van der Waals surface area contributed by atoms with Crippen LogP contribution in [0.2, 0.25) is 0 Å². The molecule has 1 unspecified atom stereocenters. The van der Waals surface area contributed by atoms with Crippen LogP contribution < -0.4 is 5.32 Å². The predicted octanol–water partition coefficient (Wildman–Crippen LogP) is 1.40. The fourth-order valence-electron chi connectivity index (χ4n) is 3.03. The number of rotatable bonds is 0. The highest BCUT2D eigenvalue weighted by Gasteiger charge is 2.52. The average molecular weight is 244 g/mol. The van der Waals surface area contributed by atoms with Crippen LogP contribution in [-0.4, -0.2) is 29.4 Å². The van der Waals surface area contributed by atoms with Crippen LogP contribution in [0.3, 0.4) is 0 Å². The van der Waals surface area contributed by atoms with Crippen molar-refractivity contribution >= 4 is 11.9 Å². The van der Waals surface area contributed by atoms with Gasteiger partial charge in [0, 0.05) is 13.5 Å². The number of carbonyl (C=O) groups is 2. The van der Waals surface area contributed by atoms with Crippen molar-refractivity contribution in [3.05, 3.63) is 34.9 Å². The molecule has 1 aromatic rings. The van der Waals surface area contributed by atoms with Gasteiger partial charge in [-0.1, -0.05) is 23.8 Å². The van der Waals surface area contributed by atoms with Crippen LogP contribution >= 0.6 is 0 Å². The van der Waals surface area contributed by atoms with Crippen LogP contribution in [0.5, 0.6) is 0 Å². The van der Waals surface area contributed by atoms with Crippen molar-refractivity contribution < 1.29 is 9.59 Å². The molecule has 94 valence electrons. The second kappa shape index (κ2) is 3.57. The minimum Gasteiger partial charge on any atom is -0.312 e. The van der Waals surface area contributed by atoms with E-state index < -0.39 is 5.54 Å². The topological polar surface area (TPSA) is 49.4 Å². The number of benzene rings is 1. The summed E-state index contributed by atoms with van der Waals surface area (Å²) in [6, 6.07) is 6.04. The fraction of sp³-hybridized carbons (Fsp3) is 0.429. The first kappa shape index (κ1) is 11.3. The first-order valence-corrected chi connectivity index (χ1v) is 6.20. The lowest BCUT2D eigenvalue weighted by Crippen LogP contribution is -2.51. The molecular weight excluding hydrogens is 228 g/mol. The Labute approximate surface area is 106 Å². The minimum absolute atomic E-state index is 0.152. The molecule has 0 aromatic heterocycles. The molecule has 1 fully saturated rings. The molecule has 1 heterocycles. The highest BCUT2D eigenvalue weighted by molar-refractivity contribution is 6.07. The maximum absolute atomic E-state index is 12.1. The summed E-state index contributed by atoms with van der Waals surface area (Å²) in [5.41, 5.74) is 3.06. The average Bonchev–Trinajstić information content (AvgIpc) is 2.55. The maximum atomic E-state index is 12.1. The zero-order chi connectivity index (χ0) is 12.9. The smallest absolute Gasteiger partial charge is 0.312 e. The molecule has 1 spiro atoms. The van der Waals surface area contributed by atoms with E-state index in [2.05, 4.69) is 30.4 Å². The van der Waals surface area contributed by atoms with Crippen molar-refractivity contribution in [2.75, 3.05) is 7.05 Å². The van der Waals surface area contributed by atoms with Crippen LogP contribution in [0.4, 0.5) is 4.79 Å². The van der Waals surface area contributed by atoms with Gasteiger partial charge in [-0.05, 0) is 30.9 Å². The Balaban J connectivity index is 2.02. The van der Waals surface area contributed by atoms with Crippen LogP contribution in [0.1, 0.15) is 23.1 Å². The summed E-state index contributed by atoms with van der Waals surface area (Å²) in [6.07, 6.45) is 2.18. The van der Waals surface area contributed by atoms with Gasteiger partial charge in [0.05, 0.1) is 0 Å². The van der Waals surface area contributed by atoms with Crippen molar-refractivity contribution in [1.29, 1.82) is 0 Å². The lowest BCUT2D eigenvalue weighted by molar-refractivity contribution is -0.126. The van der Waals surface area contributed by atoms with Gasteiger partial charge in [0.1, 0.15) is 5.54 Å². The molecule has 1 atom stereocenters. The molecule has 0 bridgehead atoms. The Kier molecular flexibility index (Phi) is 2.24. The van der Waals surface area contributed by atoms with Gasteiger partial charge in [0.2, 0.25) is 0 Å². The van der Waals surface area contributed by atoms with Crippen LogP contribution in [-0.2, 0) is 17.6 Å². The van der Waals surface area contributed by atoms with Gasteiger partial charge in [-0.3, -0.25) is 10.1 Å². The Hall–Kier alpha value is -1.84. The Morgan fingerprint density at radius 2 is 2.06 bits per heavy atom. The molecule has 18 heavy (non-hydrogen) atoms. The molecule has 1 aromatic carbocycles. The normalized spacial score (nSPS) is 26.4. The van der Waals surface area contributed by atoms with Crippen molar-refractivity contribution in [2.24, 2.45) is 0 Å². The van der Waals surface area contributed by atoms with Gasteiger partial charge in [-0.15, -0.1) is 0 Å². The third-order valence-electron chi connectivity index (χ3n) is 4.24. The van der Waals surface area contributed by atoms with Crippen LogP contribution in [0, 0.1) is 6.92 Å². The summed E-state index contributed by atoms with van der Waals surface area (Å²) < 4.78 is 0. The molecule has 2 aliphatic rings. The first-order valence-electron chi connectivity index (χ1n) is 6.20. The molecule has 4 heteroatoms. The quantitative estimate of drug-likeness (QED) is 0.701. The lowest BCUT2D eigenvalue weighted by atomic mass is 9.77. The van der Waals surface area contributed by atoms with Crippen molar-refractivity contribution in [1.82, 2.24) is 10.2 Å². The number of hydrogen-bond acceptors (Lipinski definition) is 2. The van der Waals surface area contributed by atoms with E-state index in [9.17, 15) is 9.59 Å². The van der Waals surface area contributed by atoms with E-state index in [1.165, 1.54) is 16.7 Å². The number of imide groups is 1. The Morgan fingerprint density at radius 1 is 1.28 bits per heavy atom. The van der Waals surface area contributed by atoms with Crippen LogP contribution in [0.15, 0.2) is 18.2 Å². The number of aryl methyl sites for hydroxylation is 2. The summed E-state index contributed by atoms with van der Waals surface area (Å²) in [4.78, 5) is 25.3. The van der Waals surface area contributed by atoms with E-state index in [1.54, 1.807) is 11.9 Å². The summed E-state index contributed by atoms with van der Waals surface area (Å²) >= 11 is 0. The molecule has 1 aliphatic heterocycles. The molecule has 4 nitrogen and oxygen atoms in total. The molecule has 1 aliphatic carbocycles. The molecule has 1 N–H and O–H groups in total. The molecule has 1 saturated heterocycles. The van der Waals surface area contributed by atoms with Gasteiger partial charge in [0.15, 0.2) is 0 Å². The largest absolute Gasteiger partial charge is 0.324 e. The lowest BCUT2D eigenvalue weighted by Gasteiger charge is -2.37. The van der Waals surface area contributed by atoms with Gasteiger partial charge in [-0.2, -0.15) is 0 Å². The number of nitrogens with one attached hydrogen (secondary N) is 1. The minimum atomic E-state index is -0.667. The molecule has 3 rings (SSSR count). The number of hydrogen-bond donors (Lipinski definition) is 1. The van der Waals surface area contributed by atoms with E-state index in [1.807, 2.05) is 0 Å². The van der Waals surface area contributed by atoms with E-state index in [0.29, 0.717) is 12.8 Å². The van der Waals surface area contributed by atoms with Gasteiger partial charge >= 0.3 is 6.03 Å². The predicted molar refractivity (Wildman–Crippen MR) is 67.2 cm³/mol. The SMILES string of the molecule is Cc1ccc2c(c1)CCC1(C2)C(=O)NC(=O)N1C. The number of likely N-dealkylation sites (N-methyl/N-ethyl adjacent to an activating group) is 1. The number of urea groups is 1. The standard InChI is InChI=1S/C14H16N2O2/c1-9-3-4-11-8-14(6-5-10(11)7-9)12(17)15-13(18)16(14)2/h3-4,7H,5-6,8H2,1-2H3,(H,15,17,18). The molecular formula is C14H16N2O2. The number of carbonyl (C=O) groups excluding carboxylic acids is 2. The molecule has 0 radical (unpaired) electrons. The number of nitrogens with zero attached hydrogens (tertiary/aromatic N) is 1. The van der Waals surface area contributed by atoms with Crippen molar-refractivity contribution in [2.45, 2.75) is 31.7 Å². The Morgan fingerprint density at radius 3 is 2.72 bits per heavy atom. The van der Waals surface area contributed by atoms with E-state index in [0.717, 1.165) is 6.42 Å². The maximum Gasteiger partial charge on any atom is 0.324 e. The Bertz CT molecular complexity index is 553. The van der Waals surface area contributed by atoms with Gasteiger partial charge < -0.3 is 4.90 Å². The van der Waals surface area contributed by atoms with E-state index in [-0.39, 0.29) is 11.9 Å². The zero-order valence-electron chi connectivity index (χ0n) is 10.6. The second-order valence-electron chi connectivity index (χ2n) is 5.30.